The zero-order valence-electron chi connectivity index (χ0n) is 14.7. The lowest BCUT2D eigenvalue weighted by molar-refractivity contribution is -0.137. The smallest absolute Gasteiger partial charge is 0.416 e. The van der Waals surface area contributed by atoms with Crippen molar-refractivity contribution < 1.29 is 27.2 Å². The molecule has 0 fully saturated rings. The lowest BCUT2D eigenvalue weighted by Crippen LogP contribution is -2.15. The molecule has 0 radical (unpaired) electrons. The molecular weight excluding hydrogens is 397 g/mol. The van der Waals surface area contributed by atoms with Gasteiger partial charge in [-0.3, -0.25) is 4.79 Å². The minimum Gasteiger partial charge on any atom is -0.497 e. The summed E-state index contributed by atoms with van der Waals surface area (Å²) >= 11 is 6.16. The first-order valence-electron chi connectivity index (χ1n) is 7.99. The summed E-state index contributed by atoms with van der Waals surface area (Å²) in [7, 11) is 1.24. The van der Waals surface area contributed by atoms with Gasteiger partial charge < -0.3 is 14.6 Å². The van der Waals surface area contributed by atoms with E-state index in [0.29, 0.717) is 10.6 Å². The van der Waals surface area contributed by atoms with E-state index in [1.165, 1.54) is 20.1 Å². The summed E-state index contributed by atoms with van der Waals surface area (Å²) in [5.41, 5.74) is -0.297. The molecule has 1 heterocycles. The van der Waals surface area contributed by atoms with E-state index in [-0.39, 0.29) is 28.5 Å². The number of ether oxygens (including phenoxy) is 1. The fraction of sp³-hybridized carbons (Fsp3) is 0.158. The fourth-order valence-electron chi connectivity index (χ4n) is 2.62. The van der Waals surface area contributed by atoms with Crippen molar-refractivity contribution in [3.8, 4) is 17.0 Å². The Balaban J connectivity index is 1.99. The van der Waals surface area contributed by atoms with Crippen LogP contribution in [0.5, 0.6) is 5.75 Å². The van der Waals surface area contributed by atoms with Gasteiger partial charge in [-0.25, -0.2) is 0 Å². The van der Waals surface area contributed by atoms with Crippen molar-refractivity contribution in [2.75, 3.05) is 12.4 Å². The number of rotatable bonds is 4. The zero-order chi connectivity index (χ0) is 20.5. The topological polar surface area (TPSA) is 64.4 Å². The standard InChI is InChI=1S/C19H14ClF3N2O3/c1-10-16(17(25-28-10)14-5-3-4-6-15(14)20)18(26)24-12-7-11(19(21,22)23)8-13(9-12)27-2/h3-9H,1-2H3,(H,24,26). The molecule has 3 aromatic rings. The number of carbonyl (C=O) groups excluding carboxylic acids is 1. The summed E-state index contributed by atoms with van der Waals surface area (Å²) in [6.45, 7) is 1.52. The number of amides is 1. The van der Waals surface area contributed by atoms with E-state index < -0.39 is 17.6 Å². The number of benzene rings is 2. The number of methoxy groups -OCH3 is 1. The van der Waals surface area contributed by atoms with Crippen LogP contribution >= 0.6 is 11.6 Å². The average Bonchev–Trinajstić information content (AvgIpc) is 3.02. The minimum absolute atomic E-state index is 0.0431. The van der Waals surface area contributed by atoms with Crippen molar-refractivity contribution in [2.45, 2.75) is 13.1 Å². The SMILES string of the molecule is COc1cc(NC(=O)c2c(-c3ccccc3Cl)noc2C)cc(C(F)(F)F)c1. The second-order valence-electron chi connectivity index (χ2n) is 5.84. The highest BCUT2D eigenvalue weighted by Gasteiger charge is 2.32. The van der Waals surface area contributed by atoms with Crippen molar-refractivity contribution in [3.63, 3.8) is 0 Å². The third-order valence-electron chi connectivity index (χ3n) is 3.95. The number of carbonyl (C=O) groups is 1. The molecule has 2 aromatic carbocycles. The van der Waals surface area contributed by atoms with E-state index in [2.05, 4.69) is 10.5 Å². The first kappa shape index (κ1) is 19.8. The molecule has 0 atom stereocenters. The number of nitrogens with zero attached hydrogens (tertiary/aromatic N) is 1. The number of halogens is 4. The van der Waals surface area contributed by atoms with E-state index in [9.17, 15) is 18.0 Å². The Kier molecular flexibility index (Phi) is 5.33. The lowest BCUT2D eigenvalue weighted by Gasteiger charge is -2.12. The van der Waals surface area contributed by atoms with E-state index in [1.54, 1.807) is 24.3 Å². The molecule has 0 bridgehead atoms. The molecule has 1 N–H and O–H groups in total. The quantitative estimate of drug-likeness (QED) is 0.609. The number of aryl methyl sites for hydroxylation is 1. The highest BCUT2D eigenvalue weighted by atomic mass is 35.5. The number of hydrogen-bond acceptors (Lipinski definition) is 4. The number of aromatic nitrogens is 1. The van der Waals surface area contributed by atoms with Crippen LogP contribution in [0.15, 0.2) is 47.0 Å². The van der Waals surface area contributed by atoms with Crippen molar-refractivity contribution in [1.29, 1.82) is 0 Å². The van der Waals surface area contributed by atoms with Crippen molar-refractivity contribution in [3.05, 3.63) is 64.4 Å². The molecule has 0 aliphatic heterocycles. The maximum absolute atomic E-state index is 13.1. The van der Waals surface area contributed by atoms with Gasteiger partial charge in [0.05, 0.1) is 17.7 Å². The molecule has 3 rings (SSSR count). The summed E-state index contributed by atoms with van der Waals surface area (Å²) in [5.74, 6) is -0.528. The molecule has 146 valence electrons. The van der Waals surface area contributed by atoms with Crippen LogP contribution in [0.4, 0.5) is 18.9 Å². The second kappa shape index (κ2) is 7.55. The Hall–Kier alpha value is -3.00. The predicted octanol–water partition coefficient (Wildman–Crippen LogP) is 5.58. The summed E-state index contributed by atoms with van der Waals surface area (Å²) in [6.07, 6.45) is -4.59. The summed E-state index contributed by atoms with van der Waals surface area (Å²) in [6, 6.07) is 9.65. The molecule has 5 nitrogen and oxygen atoms in total. The van der Waals surface area contributed by atoms with Gasteiger partial charge in [-0.15, -0.1) is 0 Å². The molecule has 1 aromatic heterocycles. The Bertz CT molecular complexity index is 1030. The zero-order valence-corrected chi connectivity index (χ0v) is 15.5. The van der Waals surface area contributed by atoms with Gasteiger partial charge in [-0.05, 0) is 25.1 Å². The predicted molar refractivity (Wildman–Crippen MR) is 97.6 cm³/mol. The van der Waals surface area contributed by atoms with Gasteiger partial charge >= 0.3 is 6.18 Å². The Morgan fingerprint density at radius 3 is 2.57 bits per heavy atom. The van der Waals surface area contributed by atoms with Crippen LogP contribution in [-0.4, -0.2) is 18.2 Å². The lowest BCUT2D eigenvalue weighted by atomic mass is 10.1. The van der Waals surface area contributed by atoms with Gasteiger partial charge in [0.25, 0.3) is 5.91 Å². The molecular formula is C19H14ClF3N2O3. The van der Waals surface area contributed by atoms with E-state index in [1.807, 2.05) is 0 Å². The van der Waals surface area contributed by atoms with Crippen molar-refractivity contribution in [2.24, 2.45) is 0 Å². The maximum Gasteiger partial charge on any atom is 0.416 e. The van der Waals surface area contributed by atoms with Gasteiger partial charge in [0, 0.05) is 17.3 Å². The monoisotopic (exact) mass is 410 g/mol. The summed E-state index contributed by atoms with van der Waals surface area (Å²) in [5, 5.41) is 6.67. The van der Waals surface area contributed by atoms with Gasteiger partial charge in [-0.1, -0.05) is 35.0 Å². The number of alkyl halides is 3. The van der Waals surface area contributed by atoms with Crippen LogP contribution < -0.4 is 10.1 Å². The normalized spacial score (nSPS) is 11.4. The first-order chi connectivity index (χ1) is 13.2. The van der Waals surface area contributed by atoms with Crippen LogP contribution in [-0.2, 0) is 6.18 Å². The molecule has 0 aliphatic rings. The van der Waals surface area contributed by atoms with Crippen molar-refractivity contribution in [1.82, 2.24) is 5.16 Å². The Morgan fingerprint density at radius 1 is 1.21 bits per heavy atom. The summed E-state index contributed by atoms with van der Waals surface area (Å²) in [4.78, 5) is 12.8. The first-order valence-corrected chi connectivity index (χ1v) is 8.37. The van der Waals surface area contributed by atoms with Crippen LogP contribution in [0.25, 0.3) is 11.3 Å². The Morgan fingerprint density at radius 2 is 1.93 bits per heavy atom. The van der Waals surface area contributed by atoms with Crippen molar-refractivity contribution >= 4 is 23.2 Å². The van der Waals surface area contributed by atoms with Gasteiger partial charge in [0.15, 0.2) is 0 Å². The molecule has 9 heteroatoms. The third kappa shape index (κ3) is 3.96. The molecule has 0 spiro atoms. The molecule has 0 unspecified atom stereocenters. The van der Waals surface area contributed by atoms with Gasteiger partial charge in [0.1, 0.15) is 22.8 Å². The number of hydrogen-bond donors (Lipinski definition) is 1. The van der Waals surface area contributed by atoms with E-state index >= 15 is 0 Å². The largest absolute Gasteiger partial charge is 0.497 e. The molecule has 28 heavy (non-hydrogen) atoms. The van der Waals surface area contributed by atoms with E-state index in [0.717, 1.165) is 12.1 Å². The van der Waals surface area contributed by atoms with Crippen LogP contribution in [0, 0.1) is 6.92 Å². The maximum atomic E-state index is 13.1. The van der Waals surface area contributed by atoms with E-state index in [4.69, 9.17) is 20.9 Å². The highest BCUT2D eigenvalue weighted by Crippen LogP contribution is 2.35. The number of anilines is 1. The highest BCUT2D eigenvalue weighted by molar-refractivity contribution is 6.33. The fourth-order valence-corrected chi connectivity index (χ4v) is 2.85. The molecule has 0 saturated carbocycles. The van der Waals surface area contributed by atoms with Gasteiger partial charge in [0.2, 0.25) is 0 Å². The third-order valence-corrected chi connectivity index (χ3v) is 4.28. The van der Waals surface area contributed by atoms with Crippen LogP contribution in [0.3, 0.4) is 0 Å². The number of nitrogens with one attached hydrogen (secondary N) is 1. The Labute approximate surface area is 163 Å². The van der Waals surface area contributed by atoms with Crippen LogP contribution in [0.2, 0.25) is 5.02 Å². The van der Waals surface area contributed by atoms with Gasteiger partial charge in [-0.2, -0.15) is 13.2 Å². The van der Waals surface area contributed by atoms with Crippen LogP contribution in [0.1, 0.15) is 21.7 Å². The minimum atomic E-state index is -4.59. The molecule has 1 amide bonds. The summed E-state index contributed by atoms with van der Waals surface area (Å²) < 4.78 is 49.3. The molecule has 0 aliphatic carbocycles. The second-order valence-corrected chi connectivity index (χ2v) is 6.25. The average molecular weight is 411 g/mol. The molecule has 0 saturated heterocycles.